The Morgan fingerprint density at radius 1 is 1.08 bits per heavy atom. The topological polar surface area (TPSA) is 72.2 Å². The van der Waals surface area contributed by atoms with Crippen molar-refractivity contribution >= 4 is 11.8 Å². The highest BCUT2D eigenvalue weighted by Gasteiger charge is 2.13. The van der Waals surface area contributed by atoms with Gasteiger partial charge in [0.15, 0.2) is 0 Å². The molecule has 0 radical (unpaired) electrons. The molecule has 2 aromatic rings. The van der Waals surface area contributed by atoms with Crippen molar-refractivity contribution in [3.05, 3.63) is 71.5 Å². The fourth-order valence-corrected chi connectivity index (χ4v) is 1.95. The van der Waals surface area contributed by atoms with E-state index in [2.05, 4.69) is 24.4 Å². The van der Waals surface area contributed by atoms with Gasteiger partial charge >= 0.3 is 0 Å². The first-order chi connectivity index (χ1) is 11.4. The summed E-state index contributed by atoms with van der Waals surface area (Å²) in [5.74, 6) is -1.42. The summed E-state index contributed by atoms with van der Waals surface area (Å²) < 4.78 is 12.7. The number of benzene rings is 2. The minimum Gasteiger partial charge on any atom is -0.368 e. The number of carbonyl (C=O) groups is 2. The van der Waals surface area contributed by atoms with E-state index in [0.29, 0.717) is 6.42 Å². The van der Waals surface area contributed by atoms with Gasteiger partial charge in [0.05, 0.1) is 6.54 Å². The molecule has 0 heterocycles. The number of nitrogens with one attached hydrogen (secondary N) is 1. The van der Waals surface area contributed by atoms with Gasteiger partial charge < -0.3 is 11.1 Å². The van der Waals surface area contributed by atoms with Crippen molar-refractivity contribution in [3.63, 3.8) is 0 Å². The Kier molecular flexibility index (Phi) is 8.19. The van der Waals surface area contributed by atoms with Crippen molar-refractivity contribution in [1.82, 2.24) is 5.32 Å². The van der Waals surface area contributed by atoms with E-state index in [1.807, 2.05) is 18.2 Å². The van der Waals surface area contributed by atoms with Crippen molar-refractivity contribution in [2.24, 2.45) is 11.7 Å². The fourth-order valence-electron chi connectivity index (χ4n) is 1.95. The zero-order valence-electron chi connectivity index (χ0n) is 14.0. The van der Waals surface area contributed by atoms with Crippen molar-refractivity contribution in [1.29, 1.82) is 0 Å². The Bertz CT molecular complexity index is 642. The molecular weight excluding hydrogens is 307 g/mol. The third kappa shape index (κ3) is 8.08. The van der Waals surface area contributed by atoms with E-state index in [1.54, 1.807) is 19.1 Å². The summed E-state index contributed by atoms with van der Waals surface area (Å²) in [6, 6.07) is 16.2. The number of hydrogen-bond donors (Lipinski definition) is 2. The van der Waals surface area contributed by atoms with E-state index in [9.17, 15) is 14.0 Å². The van der Waals surface area contributed by atoms with Gasteiger partial charge in [-0.3, -0.25) is 9.59 Å². The lowest BCUT2D eigenvalue weighted by Gasteiger charge is -2.11. The van der Waals surface area contributed by atoms with Crippen LogP contribution in [0.25, 0.3) is 0 Å². The summed E-state index contributed by atoms with van der Waals surface area (Å²) >= 11 is 0. The number of halogens is 1. The molecule has 0 saturated carbocycles. The number of primary amides is 1. The van der Waals surface area contributed by atoms with Crippen LogP contribution in [-0.4, -0.2) is 18.4 Å². The number of aryl methyl sites for hydroxylation is 1. The first kappa shape index (κ1) is 19.4. The molecule has 2 aromatic carbocycles. The summed E-state index contributed by atoms with van der Waals surface area (Å²) in [5, 5.41) is 2.43. The molecule has 24 heavy (non-hydrogen) atoms. The Balaban J connectivity index is 0.000000341. The Morgan fingerprint density at radius 3 is 2.12 bits per heavy atom. The SMILES string of the molecule is CC(Cc1ccc(F)cc1)C(=O)NCC(N)=O.Cc1ccccc1. The zero-order chi connectivity index (χ0) is 17.9. The monoisotopic (exact) mass is 330 g/mol. The van der Waals surface area contributed by atoms with E-state index in [0.717, 1.165) is 5.56 Å². The summed E-state index contributed by atoms with van der Waals surface area (Å²) in [7, 11) is 0. The number of amides is 2. The molecule has 0 aliphatic heterocycles. The molecule has 0 bridgehead atoms. The second kappa shape index (κ2) is 10.2. The lowest BCUT2D eigenvalue weighted by molar-refractivity contribution is -0.127. The van der Waals surface area contributed by atoms with E-state index in [1.165, 1.54) is 17.7 Å². The smallest absolute Gasteiger partial charge is 0.236 e. The van der Waals surface area contributed by atoms with Crippen molar-refractivity contribution in [2.75, 3.05) is 6.54 Å². The van der Waals surface area contributed by atoms with Crippen LogP contribution in [0.15, 0.2) is 54.6 Å². The Labute approximate surface area is 141 Å². The Morgan fingerprint density at radius 2 is 1.67 bits per heavy atom. The second-order valence-electron chi connectivity index (χ2n) is 5.57. The van der Waals surface area contributed by atoms with Gasteiger partial charge in [-0.25, -0.2) is 4.39 Å². The predicted octanol–water partition coefficient (Wildman–Crippen LogP) is 2.60. The maximum absolute atomic E-state index is 12.7. The summed E-state index contributed by atoms with van der Waals surface area (Å²) in [4.78, 5) is 22.0. The molecule has 1 unspecified atom stereocenters. The zero-order valence-corrected chi connectivity index (χ0v) is 14.0. The third-order valence-electron chi connectivity index (χ3n) is 3.28. The second-order valence-corrected chi connectivity index (χ2v) is 5.57. The van der Waals surface area contributed by atoms with E-state index in [-0.39, 0.29) is 24.2 Å². The van der Waals surface area contributed by atoms with Gasteiger partial charge in [-0.1, -0.05) is 55.0 Å². The van der Waals surface area contributed by atoms with Crippen LogP contribution in [0.5, 0.6) is 0 Å². The lowest BCUT2D eigenvalue weighted by Crippen LogP contribution is -2.36. The highest BCUT2D eigenvalue weighted by molar-refractivity contribution is 5.84. The molecule has 2 amide bonds. The largest absolute Gasteiger partial charge is 0.368 e. The third-order valence-corrected chi connectivity index (χ3v) is 3.28. The van der Waals surface area contributed by atoms with Crippen LogP contribution in [0.2, 0.25) is 0 Å². The average Bonchev–Trinajstić information content (AvgIpc) is 2.56. The molecule has 0 spiro atoms. The first-order valence-electron chi connectivity index (χ1n) is 7.70. The van der Waals surface area contributed by atoms with Crippen molar-refractivity contribution in [3.8, 4) is 0 Å². The molecule has 0 saturated heterocycles. The lowest BCUT2D eigenvalue weighted by atomic mass is 10.0. The standard InChI is InChI=1S/C12H15FN2O2.C7H8/c1-8(12(17)15-7-11(14)16)6-9-2-4-10(13)5-3-9;1-7-5-3-2-4-6-7/h2-5,8H,6-7H2,1H3,(H2,14,16)(H,15,17);2-6H,1H3. The summed E-state index contributed by atoms with van der Waals surface area (Å²) in [6.45, 7) is 3.66. The summed E-state index contributed by atoms with van der Waals surface area (Å²) in [6.07, 6.45) is 0.491. The highest BCUT2D eigenvalue weighted by Crippen LogP contribution is 2.09. The van der Waals surface area contributed by atoms with Gasteiger partial charge in [0.1, 0.15) is 5.82 Å². The molecular formula is C19H23FN2O2. The summed E-state index contributed by atoms with van der Waals surface area (Å²) in [5.41, 5.74) is 7.11. The van der Waals surface area contributed by atoms with Crippen LogP contribution in [-0.2, 0) is 16.0 Å². The predicted molar refractivity (Wildman–Crippen MR) is 92.7 cm³/mol. The molecule has 0 aromatic heterocycles. The number of rotatable bonds is 5. The highest BCUT2D eigenvalue weighted by atomic mass is 19.1. The number of carbonyl (C=O) groups excluding carboxylic acids is 2. The molecule has 0 aliphatic carbocycles. The van der Waals surface area contributed by atoms with Crippen LogP contribution >= 0.6 is 0 Å². The number of nitrogens with two attached hydrogens (primary N) is 1. The molecule has 5 heteroatoms. The van der Waals surface area contributed by atoms with Gasteiger partial charge in [-0.15, -0.1) is 0 Å². The molecule has 0 aliphatic rings. The molecule has 0 fully saturated rings. The molecule has 1 atom stereocenters. The minimum absolute atomic E-state index is 0.160. The normalized spacial score (nSPS) is 11.0. The van der Waals surface area contributed by atoms with Crippen molar-refractivity contribution in [2.45, 2.75) is 20.3 Å². The van der Waals surface area contributed by atoms with Gasteiger partial charge in [0.2, 0.25) is 11.8 Å². The van der Waals surface area contributed by atoms with Gasteiger partial charge in [0.25, 0.3) is 0 Å². The van der Waals surface area contributed by atoms with Crippen LogP contribution in [0, 0.1) is 18.7 Å². The molecule has 3 N–H and O–H groups in total. The minimum atomic E-state index is -0.577. The average molecular weight is 330 g/mol. The van der Waals surface area contributed by atoms with Gasteiger partial charge in [0, 0.05) is 5.92 Å². The van der Waals surface area contributed by atoms with Crippen LogP contribution in [0.1, 0.15) is 18.1 Å². The van der Waals surface area contributed by atoms with E-state index >= 15 is 0 Å². The van der Waals surface area contributed by atoms with Crippen LogP contribution < -0.4 is 11.1 Å². The van der Waals surface area contributed by atoms with Gasteiger partial charge in [-0.2, -0.15) is 0 Å². The molecule has 4 nitrogen and oxygen atoms in total. The maximum atomic E-state index is 12.7. The van der Waals surface area contributed by atoms with E-state index in [4.69, 9.17) is 5.73 Å². The Hall–Kier alpha value is -2.69. The number of hydrogen-bond acceptors (Lipinski definition) is 2. The maximum Gasteiger partial charge on any atom is 0.236 e. The van der Waals surface area contributed by atoms with Crippen molar-refractivity contribution < 1.29 is 14.0 Å². The van der Waals surface area contributed by atoms with E-state index < -0.39 is 5.91 Å². The quantitative estimate of drug-likeness (QED) is 0.884. The fraction of sp³-hybridized carbons (Fsp3) is 0.263. The molecule has 2 rings (SSSR count). The van der Waals surface area contributed by atoms with Crippen LogP contribution in [0.3, 0.4) is 0 Å². The first-order valence-corrected chi connectivity index (χ1v) is 7.70. The molecule has 128 valence electrons. The van der Waals surface area contributed by atoms with Crippen LogP contribution in [0.4, 0.5) is 4.39 Å². The van der Waals surface area contributed by atoms with Gasteiger partial charge in [-0.05, 0) is 31.0 Å².